The van der Waals surface area contributed by atoms with E-state index in [9.17, 15) is 0 Å². The van der Waals surface area contributed by atoms with E-state index in [0.29, 0.717) is 0 Å². The SMILES string of the molecule is C=CC=C.C=Cc1ccccc1.N#CC1=CCC1. The third kappa shape index (κ3) is 7.90. The molecule has 0 bridgehead atoms. The molecule has 0 N–H and O–H groups in total. The van der Waals surface area contributed by atoms with Gasteiger partial charge in [-0.15, -0.1) is 0 Å². The van der Waals surface area contributed by atoms with E-state index in [4.69, 9.17) is 5.26 Å². The van der Waals surface area contributed by atoms with E-state index in [-0.39, 0.29) is 0 Å². The topological polar surface area (TPSA) is 23.8 Å². The summed E-state index contributed by atoms with van der Waals surface area (Å²) in [7, 11) is 0. The highest BCUT2D eigenvalue weighted by molar-refractivity contribution is 5.45. The second-order valence-electron chi connectivity index (χ2n) is 3.47. The molecule has 0 saturated heterocycles. The van der Waals surface area contributed by atoms with Crippen molar-refractivity contribution in [1.29, 1.82) is 5.26 Å². The lowest BCUT2D eigenvalue weighted by atomic mass is 10.0. The van der Waals surface area contributed by atoms with Crippen molar-refractivity contribution in [3.05, 3.63) is 79.4 Å². The number of rotatable bonds is 2. The number of hydrogen-bond donors (Lipinski definition) is 0. The molecule has 0 atom stereocenters. The zero-order valence-electron chi connectivity index (χ0n) is 10.7. The summed E-state index contributed by atoms with van der Waals surface area (Å²) in [6.45, 7) is 10.4. The maximum Gasteiger partial charge on any atom is 0.0943 e. The van der Waals surface area contributed by atoms with Gasteiger partial charge in [0.2, 0.25) is 0 Å². The number of hydrogen-bond acceptors (Lipinski definition) is 1. The molecular weight excluding hydrogens is 218 g/mol. The van der Waals surface area contributed by atoms with E-state index in [2.05, 4.69) is 25.8 Å². The Balaban J connectivity index is 0.000000257. The standard InChI is InChI=1S/C8H8.C5H5N.C4H6/c1-2-8-6-4-3-5-7-8;6-4-5-2-1-3-5;1-3-4-2/h2-7H,1H2;2H,1,3H2;3-4H,1-2H2. The Hall–Kier alpha value is -2.33. The van der Waals surface area contributed by atoms with Crippen LogP contribution in [0, 0.1) is 11.3 Å². The van der Waals surface area contributed by atoms with Gasteiger partial charge in [0.15, 0.2) is 0 Å². The van der Waals surface area contributed by atoms with Crippen molar-refractivity contribution >= 4 is 6.08 Å². The predicted octanol–water partition coefficient (Wildman–Crippen LogP) is 4.92. The molecule has 2 rings (SSSR count). The first-order chi connectivity index (χ1) is 8.78. The minimum Gasteiger partial charge on any atom is -0.193 e. The van der Waals surface area contributed by atoms with Crippen LogP contribution in [-0.4, -0.2) is 0 Å². The Labute approximate surface area is 110 Å². The highest BCUT2D eigenvalue weighted by atomic mass is 14.3. The summed E-state index contributed by atoms with van der Waals surface area (Å²) in [5, 5.41) is 8.07. The van der Waals surface area contributed by atoms with Crippen LogP contribution in [0.25, 0.3) is 6.08 Å². The van der Waals surface area contributed by atoms with Gasteiger partial charge in [-0.05, 0) is 18.4 Å². The number of benzene rings is 1. The molecule has 0 radical (unpaired) electrons. The Morgan fingerprint density at radius 1 is 1.06 bits per heavy atom. The van der Waals surface area contributed by atoms with E-state index in [0.717, 1.165) is 18.4 Å². The maximum atomic E-state index is 8.07. The van der Waals surface area contributed by atoms with E-state index < -0.39 is 0 Å². The van der Waals surface area contributed by atoms with E-state index in [1.54, 1.807) is 12.2 Å². The fourth-order valence-electron chi connectivity index (χ4n) is 0.979. The third-order valence-electron chi connectivity index (χ3n) is 2.15. The molecule has 0 heterocycles. The van der Waals surface area contributed by atoms with Gasteiger partial charge < -0.3 is 0 Å². The van der Waals surface area contributed by atoms with Gasteiger partial charge in [0, 0.05) is 5.57 Å². The first kappa shape index (κ1) is 15.7. The van der Waals surface area contributed by atoms with Gasteiger partial charge in [0.25, 0.3) is 0 Å². The fraction of sp³-hybridized carbons (Fsp3) is 0.118. The smallest absolute Gasteiger partial charge is 0.0943 e. The Morgan fingerprint density at radius 3 is 1.78 bits per heavy atom. The summed E-state index contributed by atoms with van der Waals surface area (Å²) in [5.74, 6) is 0. The van der Waals surface area contributed by atoms with E-state index in [1.807, 2.05) is 42.5 Å². The summed E-state index contributed by atoms with van der Waals surface area (Å²) < 4.78 is 0. The quantitative estimate of drug-likeness (QED) is 0.670. The molecule has 0 fully saturated rings. The second kappa shape index (κ2) is 11.2. The zero-order chi connectivity index (χ0) is 13.6. The van der Waals surface area contributed by atoms with Crippen LogP contribution in [0.1, 0.15) is 18.4 Å². The molecular formula is C17H19N. The van der Waals surface area contributed by atoms with Gasteiger partial charge >= 0.3 is 0 Å². The maximum absolute atomic E-state index is 8.07. The van der Waals surface area contributed by atoms with Crippen molar-refractivity contribution in [3.63, 3.8) is 0 Å². The zero-order valence-corrected chi connectivity index (χ0v) is 10.7. The number of nitriles is 1. The molecule has 1 heteroatoms. The van der Waals surface area contributed by atoms with Gasteiger partial charge in [-0.2, -0.15) is 5.26 Å². The average Bonchev–Trinajstić information content (AvgIpc) is 2.39. The van der Waals surface area contributed by atoms with Crippen molar-refractivity contribution in [3.8, 4) is 6.07 Å². The van der Waals surface area contributed by atoms with E-state index >= 15 is 0 Å². The van der Waals surface area contributed by atoms with Gasteiger partial charge in [0.1, 0.15) is 0 Å². The highest BCUT2D eigenvalue weighted by Gasteiger charge is 2.00. The van der Waals surface area contributed by atoms with Gasteiger partial charge in [-0.25, -0.2) is 0 Å². The minimum atomic E-state index is 0.954. The first-order valence-electron chi connectivity index (χ1n) is 5.78. The molecule has 1 aromatic rings. The molecule has 0 saturated carbocycles. The van der Waals surface area contributed by atoms with Crippen LogP contribution in [0.3, 0.4) is 0 Å². The first-order valence-corrected chi connectivity index (χ1v) is 5.78. The molecule has 0 amide bonds. The van der Waals surface area contributed by atoms with Crippen molar-refractivity contribution in [2.45, 2.75) is 12.8 Å². The molecule has 1 aliphatic rings. The lowest BCUT2D eigenvalue weighted by molar-refractivity contribution is 0.911. The third-order valence-corrected chi connectivity index (χ3v) is 2.15. The summed E-state index contributed by atoms with van der Waals surface area (Å²) in [6.07, 6.45) is 9.19. The lowest BCUT2D eigenvalue weighted by Gasteiger charge is -2.01. The lowest BCUT2D eigenvalue weighted by Crippen LogP contribution is -1.87. The normalized spacial score (nSPS) is 10.7. The van der Waals surface area contributed by atoms with Crippen molar-refractivity contribution < 1.29 is 0 Å². The molecule has 0 aliphatic heterocycles. The summed E-state index contributed by atoms with van der Waals surface area (Å²) >= 11 is 0. The van der Waals surface area contributed by atoms with Crippen LogP contribution >= 0.6 is 0 Å². The van der Waals surface area contributed by atoms with Crippen molar-refractivity contribution in [1.82, 2.24) is 0 Å². The molecule has 0 aromatic heterocycles. The van der Waals surface area contributed by atoms with Crippen molar-refractivity contribution in [2.75, 3.05) is 0 Å². The van der Waals surface area contributed by atoms with Crippen LogP contribution in [-0.2, 0) is 0 Å². The second-order valence-corrected chi connectivity index (χ2v) is 3.47. The Morgan fingerprint density at radius 2 is 1.61 bits per heavy atom. The minimum absolute atomic E-state index is 0.954. The van der Waals surface area contributed by atoms with Crippen molar-refractivity contribution in [2.24, 2.45) is 0 Å². The molecule has 0 unspecified atom stereocenters. The van der Waals surface area contributed by atoms with Gasteiger partial charge in [-0.1, -0.05) is 74.4 Å². The van der Waals surface area contributed by atoms with E-state index in [1.165, 1.54) is 5.56 Å². The van der Waals surface area contributed by atoms with Gasteiger partial charge in [-0.3, -0.25) is 0 Å². The van der Waals surface area contributed by atoms with Crippen LogP contribution in [0.4, 0.5) is 0 Å². The molecule has 1 aliphatic carbocycles. The van der Waals surface area contributed by atoms with Gasteiger partial charge in [0.05, 0.1) is 6.07 Å². The molecule has 92 valence electrons. The van der Waals surface area contributed by atoms with Crippen LogP contribution < -0.4 is 0 Å². The summed E-state index contributed by atoms with van der Waals surface area (Å²) in [4.78, 5) is 0. The molecule has 1 nitrogen and oxygen atoms in total. The predicted molar refractivity (Wildman–Crippen MR) is 79.9 cm³/mol. The highest BCUT2D eigenvalue weighted by Crippen LogP contribution is 2.15. The monoisotopic (exact) mass is 237 g/mol. The molecule has 1 aromatic carbocycles. The summed E-state index contributed by atoms with van der Waals surface area (Å²) in [5.41, 5.74) is 2.13. The Kier molecular flexibility index (Phi) is 9.72. The number of nitrogens with zero attached hydrogens (tertiary/aromatic N) is 1. The summed E-state index contributed by atoms with van der Waals surface area (Å²) in [6, 6.07) is 12.1. The fourth-order valence-corrected chi connectivity index (χ4v) is 0.979. The number of allylic oxidation sites excluding steroid dienone is 4. The Bertz CT molecular complexity index is 426. The van der Waals surface area contributed by atoms with Crippen LogP contribution in [0.2, 0.25) is 0 Å². The largest absolute Gasteiger partial charge is 0.193 e. The molecule has 0 spiro atoms. The average molecular weight is 237 g/mol. The molecule has 18 heavy (non-hydrogen) atoms. The van der Waals surface area contributed by atoms with Crippen LogP contribution in [0.15, 0.2) is 73.9 Å². The van der Waals surface area contributed by atoms with Crippen LogP contribution in [0.5, 0.6) is 0 Å².